The van der Waals surface area contributed by atoms with E-state index in [1.165, 1.54) is 17.4 Å². The summed E-state index contributed by atoms with van der Waals surface area (Å²) >= 11 is 1.27. The molecule has 0 fully saturated rings. The van der Waals surface area contributed by atoms with E-state index in [0.29, 0.717) is 28.8 Å². The maximum absolute atomic E-state index is 13.3. The van der Waals surface area contributed by atoms with Crippen LogP contribution in [0.3, 0.4) is 0 Å². The van der Waals surface area contributed by atoms with Crippen LogP contribution in [-0.4, -0.2) is 26.0 Å². The van der Waals surface area contributed by atoms with E-state index in [-0.39, 0.29) is 18.7 Å². The molecule has 0 unspecified atom stereocenters. The number of nitrogens with zero attached hydrogens (tertiary/aromatic N) is 4. The van der Waals surface area contributed by atoms with Gasteiger partial charge in [-0.25, -0.2) is 13.8 Å². The van der Waals surface area contributed by atoms with Crippen LogP contribution in [0.1, 0.15) is 22.8 Å². The molecule has 0 saturated carbocycles. The van der Waals surface area contributed by atoms with E-state index in [1.807, 2.05) is 0 Å². The minimum Gasteiger partial charge on any atom is -0.339 e. The number of rotatable bonds is 7. The topological polar surface area (TPSA) is 93.8 Å². The maximum Gasteiger partial charge on any atom is 0.227 e. The number of thiazole rings is 1. The van der Waals surface area contributed by atoms with Crippen molar-refractivity contribution in [2.45, 2.75) is 19.3 Å². The van der Waals surface area contributed by atoms with Gasteiger partial charge in [0.15, 0.2) is 16.8 Å². The fourth-order valence-corrected chi connectivity index (χ4v) is 3.54. The summed E-state index contributed by atoms with van der Waals surface area (Å²) in [6.07, 6.45) is 5.69. The van der Waals surface area contributed by atoms with Gasteiger partial charge >= 0.3 is 0 Å². The summed E-state index contributed by atoms with van der Waals surface area (Å²) in [4.78, 5) is 25.3. The summed E-state index contributed by atoms with van der Waals surface area (Å²) in [5.74, 6) is -1.22. The number of halogens is 2. The minimum absolute atomic E-state index is 0.149. The van der Waals surface area contributed by atoms with Gasteiger partial charge < -0.3 is 9.84 Å². The van der Waals surface area contributed by atoms with Gasteiger partial charge in [0.2, 0.25) is 17.6 Å². The Morgan fingerprint density at radius 1 is 1.13 bits per heavy atom. The van der Waals surface area contributed by atoms with Crippen molar-refractivity contribution in [3.8, 4) is 11.4 Å². The van der Waals surface area contributed by atoms with Crippen molar-refractivity contribution in [3.63, 3.8) is 0 Å². The number of carbonyl (C=O) groups excluding carboxylic acids is 1. The van der Waals surface area contributed by atoms with Gasteiger partial charge in [-0.3, -0.25) is 9.78 Å². The van der Waals surface area contributed by atoms with Gasteiger partial charge in [0.25, 0.3) is 0 Å². The van der Waals surface area contributed by atoms with Gasteiger partial charge in [0.1, 0.15) is 0 Å². The molecule has 3 heterocycles. The summed E-state index contributed by atoms with van der Waals surface area (Å²) in [6, 6.07) is 7.29. The van der Waals surface area contributed by atoms with E-state index < -0.39 is 11.6 Å². The molecule has 0 aliphatic rings. The smallest absolute Gasteiger partial charge is 0.227 e. The molecular formula is C20H15F2N5O2S. The molecule has 7 nitrogen and oxygen atoms in total. The first-order valence-electron chi connectivity index (χ1n) is 8.98. The van der Waals surface area contributed by atoms with E-state index in [2.05, 4.69) is 25.4 Å². The summed E-state index contributed by atoms with van der Waals surface area (Å²) in [7, 11) is 0. The highest BCUT2D eigenvalue weighted by Crippen LogP contribution is 2.22. The Balaban J connectivity index is 1.29. The van der Waals surface area contributed by atoms with Crippen LogP contribution in [0.25, 0.3) is 11.4 Å². The second-order valence-corrected chi connectivity index (χ2v) is 7.47. The molecule has 0 spiro atoms. The third-order valence-corrected chi connectivity index (χ3v) is 5.05. The number of hydrogen-bond acceptors (Lipinski definition) is 7. The Hall–Kier alpha value is -3.53. The highest BCUT2D eigenvalue weighted by atomic mass is 32.1. The Kier molecular flexibility index (Phi) is 5.84. The quantitative estimate of drug-likeness (QED) is 0.479. The van der Waals surface area contributed by atoms with Crippen molar-refractivity contribution in [1.29, 1.82) is 0 Å². The van der Waals surface area contributed by atoms with Crippen molar-refractivity contribution in [2.75, 3.05) is 5.32 Å². The van der Waals surface area contributed by atoms with E-state index in [0.717, 1.165) is 22.6 Å². The number of carbonyl (C=O) groups is 1. The molecular weight excluding hydrogens is 412 g/mol. The van der Waals surface area contributed by atoms with Gasteiger partial charge in [-0.2, -0.15) is 4.98 Å². The van der Waals surface area contributed by atoms with Gasteiger partial charge in [0.05, 0.1) is 0 Å². The van der Waals surface area contributed by atoms with Gasteiger partial charge in [-0.15, -0.1) is 11.3 Å². The second kappa shape index (κ2) is 8.87. The molecule has 30 heavy (non-hydrogen) atoms. The first-order chi connectivity index (χ1) is 14.6. The highest BCUT2D eigenvalue weighted by Gasteiger charge is 2.12. The fourth-order valence-electron chi connectivity index (χ4n) is 2.67. The number of hydrogen-bond donors (Lipinski definition) is 1. The average molecular weight is 427 g/mol. The van der Waals surface area contributed by atoms with Gasteiger partial charge in [0, 0.05) is 48.3 Å². The second-order valence-electron chi connectivity index (χ2n) is 6.35. The zero-order valence-electron chi connectivity index (χ0n) is 15.5. The lowest BCUT2D eigenvalue weighted by Gasteiger charge is -2.00. The standard InChI is InChI=1S/C20H15F2N5O2S/c21-15-2-1-12(10-16(15)22)9-14-11-24-20(30-14)25-17(28)3-4-18-26-19(27-29-18)13-5-7-23-8-6-13/h1-2,5-8,10-11H,3-4,9H2,(H,24,25,28). The van der Waals surface area contributed by atoms with E-state index in [4.69, 9.17) is 4.52 Å². The predicted octanol–water partition coefficient (Wildman–Crippen LogP) is 4.03. The van der Waals surface area contributed by atoms with Crippen LogP contribution in [0.5, 0.6) is 0 Å². The molecule has 1 aromatic carbocycles. The third-order valence-electron chi connectivity index (χ3n) is 4.13. The number of nitrogens with one attached hydrogen (secondary N) is 1. The minimum atomic E-state index is -0.890. The number of aryl methyl sites for hydroxylation is 1. The zero-order valence-corrected chi connectivity index (χ0v) is 16.3. The molecule has 3 aromatic heterocycles. The molecule has 152 valence electrons. The van der Waals surface area contributed by atoms with Crippen molar-refractivity contribution < 1.29 is 18.1 Å². The molecule has 0 aliphatic heterocycles. The van der Waals surface area contributed by atoms with Crippen molar-refractivity contribution in [1.82, 2.24) is 20.1 Å². The van der Waals surface area contributed by atoms with E-state index >= 15 is 0 Å². The Bertz CT molecular complexity index is 1160. The highest BCUT2D eigenvalue weighted by molar-refractivity contribution is 7.15. The molecule has 0 atom stereocenters. The number of amides is 1. The molecule has 1 N–H and O–H groups in total. The molecule has 0 aliphatic carbocycles. The molecule has 0 radical (unpaired) electrons. The van der Waals surface area contributed by atoms with Crippen LogP contribution in [-0.2, 0) is 17.6 Å². The van der Waals surface area contributed by atoms with Crippen LogP contribution in [0.2, 0.25) is 0 Å². The van der Waals surface area contributed by atoms with E-state index in [1.54, 1.807) is 30.7 Å². The maximum atomic E-state index is 13.3. The van der Waals surface area contributed by atoms with Crippen molar-refractivity contribution >= 4 is 22.4 Å². The number of pyridine rings is 1. The SMILES string of the molecule is O=C(CCc1nc(-c2ccncc2)no1)Nc1ncc(Cc2ccc(F)c(F)c2)s1. The average Bonchev–Trinajstić information content (AvgIpc) is 3.39. The predicted molar refractivity (Wildman–Crippen MR) is 106 cm³/mol. The summed E-state index contributed by atoms with van der Waals surface area (Å²) < 4.78 is 31.5. The summed E-state index contributed by atoms with van der Waals surface area (Å²) in [5.41, 5.74) is 1.40. The molecule has 0 saturated heterocycles. The largest absolute Gasteiger partial charge is 0.339 e. The Labute approximate surface area is 173 Å². The van der Waals surface area contributed by atoms with Gasteiger partial charge in [-0.1, -0.05) is 11.2 Å². The lowest BCUT2D eigenvalue weighted by Crippen LogP contribution is -2.12. The molecule has 10 heteroatoms. The normalized spacial score (nSPS) is 10.9. The first-order valence-corrected chi connectivity index (χ1v) is 9.80. The molecule has 0 bridgehead atoms. The molecule has 4 aromatic rings. The third kappa shape index (κ3) is 4.90. The summed E-state index contributed by atoms with van der Waals surface area (Å²) in [5, 5.41) is 7.04. The monoisotopic (exact) mass is 427 g/mol. The molecule has 1 amide bonds. The Morgan fingerprint density at radius 2 is 1.97 bits per heavy atom. The van der Waals surface area contributed by atoms with Crippen LogP contribution in [0.15, 0.2) is 53.4 Å². The fraction of sp³-hybridized carbons (Fsp3) is 0.150. The van der Waals surface area contributed by atoms with Crippen LogP contribution in [0.4, 0.5) is 13.9 Å². The van der Waals surface area contributed by atoms with Crippen LogP contribution < -0.4 is 5.32 Å². The van der Waals surface area contributed by atoms with Crippen LogP contribution in [0, 0.1) is 11.6 Å². The lowest BCUT2D eigenvalue weighted by atomic mass is 10.1. The van der Waals surface area contributed by atoms with Gasteiger partial charge in [-0.05, 0) is 29.8 Å². The number of anilines is 1. The van der Waals surface area contributed by atoms with E-state index in [9.17, 15) is 13.6 Å². The Morgan fingerprint density at radius 3 is 2.77 bits per heavy atom. The number of benzene rings is 1. The first kappa shape index (κ1) is 19.8. The van der Waals surface area contributed by atoms with Crippen LogP contribution >= 0.6 is 11.3 Å². The molecule has 4 rings (SSSR count). The number of aromatic nitrogens is 4. The van der Waals surface area contributed by atoms with Crippen molar-refractivity contribution in [2.24, 2.45) is 0 Å². The lowest BCUT2D eigenvalue weighted by molar-refractivity contribution is -0.116. The zero-order chi connectivity index (χ0) is 20.9. The summed E-state index contributed by atoms with van der Waals surface area (Å²) in [6.45, 7) is 0. The van der Waals surface area contributed by atoms with Crippen molar-refractivity contribution in [3.05, 3.63) is 76.9 Å².